The normalized spacial score (nSPS) is 14.0. The maximum atomic E-state index is 11.9. The van der Waals surface area contributed by atoms with Gasteiger partial charge in [-0.1, -0.05) is 24.3 Å². The average Bonchev–Trinajstić information content (AvgIpc) is 2.94. The Kier molecular flexibility index (Phi) is 5.88. The highest BCUT2D eigenvalue weighted by Gasteiger charge is 2.32. The van der Waals surface area contributed by atoms with Crippen LogP contribution in [0, 0.1) is 3.57 Å². The first-order chi connectivity index (χ1) is 12.8. The van der Waals surface area contributed by atoms with E-state index in [1.54, 1.807) is 12.1 Å². The molecule has 1 heterocycles. The standard InChI is InChI=1S/C20H20INO5/c1-20(2)10-13-6-5-9-16(19(13)27-20)25-12-18(24)26-11-17(23)22-15-8-4-3-7-14(15)21/h3-9H,10-12H2,1-2H3,(H,22,23). The van der Waals surface area contributed by atoms with Gasteiger partial charge in [-0.3, -0.25) is 4.79 Å². The molecule has 27 heavy (non-hydrogen) atoms. The summed E-state index contributed by atoms with van der Waals surface area (Å²) in [5.74, 6) is 0.130. The molecule has 0 radical (unpaired) electrons. The van der Waals surface area contributed by atoms with Crippen molar-refractivity contribution in [3.05, 3.63) is 51.6 Å². The lowest BCUT2D eigenvalue weighted by atomic mass is 10.0. The van der Waals surface area contributed by atoms with Gasteiger partial charge in [0.25, 0.3) is 5.91 Å². The molecule has 3 rings (SSSR count). The third-order valence-electron chi connectivity index (χ3n) is 3.91. The Morgan fingerprint density at radius 1 is 1.15 bits per heavy atom. The molecule has 6 nitrogen and oxygen atoms in total. The minimum Gasteiger partial charge on any atom is -0.483 e. The number of anilines is 1. The van der Waals surface area contributed by atoms with Crippen molar-refractivity contribution >= 4 is 40.2 Å². The van der Waals surface area contributed by atoms with Crippen LogP contribution in [0.4, 0.5) is 5.69 Å². The molecule has 1 N–H and O–H groups in total. The van der Waals surface area contributed by atoms with E-state index in [-0.39, 0.29) is 18.8 Å². The third-order valence-corrected chi connectivity index (χ3v) is 4.85. The largest absolute Gasteiger partial charge is 0.483 e. The SMILES string of the molecule is CC1(C)Cc2cccc(OCC(=O)OCC(=O)Nc3ccccc3I)c2O1. The van der Waals surface area contributed by atoms with E-state index in [2.05, 4.69) is 27.9 Å². The van der Waals surface area contributed by atoms with Crippen LogP contribution >= 0.6 is 22.6 Å². The molecule has 1 aliphatic rings. The number of hydrogen-bond acceptors (Lipinski definition) is 5. The Morgan fingerprint density at radius 2 is 1.93 bits per heavy atom. The Labute approximate surface area is 171 Å². The van der Waals surface area contributed by atoms with Gasteiger partial charge in [0.2, 0.25) is 0 Å². The Morgan fingerprint density at radius 3 is 2.70 bits per heavy atom. The van der Waals surface area contributed by atoms with Gasteiger partial charge in [0, 0.05) is 15.6 Å². The van der Waals surface area contributed by atoms with E-state index in [1.165, 1.54) is 0 Å². The summed E-state index contributed by atoms with van der Waals surface area (Å²) in [7, 11) is 0. The number of amides is 1. The number of carbonyl (C=O) groups excluding carboxylic acids is 2. The highest BCUT2D eigenvalue weighted by Crippen LogP contribution is 2.41. The maximum Gasteiger partial charge on any atom is 0.344 e. The number of hydrogen-bond donors (Lipinski definition) is 1. The van der Waals surface area contributed by atoms with Crippen molar-refractivity contribution in [2.24, 2.45) is 0 Å². The summed E-state index contributed by atoms with van der Waals surface area (Å²) in [5, 5.41) is 2.70. The van der Waals surface area contributed by atoms with E-state index in [1.807, 2.05) is 44.2 Å². The van der Waals surface area contributed by atoms with Crippen LogP contribution < -0.4 is 14.8 Å². The first kappa shape index (κ1) is 19.5. The first-order valence-electron chi connectivity index (χ1n) is 8.48. The number of benzene rings is 2. The second kappa shape index (κ2) is 8.16. The van der Waals surface area contributed by atoms with Crippen LogP contribution in [-0.2, 0) is 20.7 Å². The predicted octanol–water partition coefficient (Wildman–Crippen LogP) is 3.57. The zero-order valence-corrected chi connectivity index (χ0v) is 17.2. The first-order valence-corrected chi connectivity index (χ1v) is 9.56. The Balaban J connectivity index is 1.48. The van der Waals surface area contributed by atoms with E-state index in [4.69, 9.17) is 14.2 Å². The monoisotopic (exact) mass is 481 g/mol. The van der Waals surface area contributed by atoms with E-state index in [0.29, 0.717) is 17.2 Å². The van der Waals surface area contributed by atoms with Crippen LogP contribution in [0.2, 0.25) is 0 Å². The molecule has 0 saturated heterocycles. The second-order valence-electron chi connectivity index (χ2n) is 6.76. The number of fused-ring (bicyclic) bond motifs is 1. The topological polar surface area (TPSA) is 73.9 Å². The molecule has 0 bridgehead atoms. The van der Waals surface area contributed by atoms with Crippen molar-refractivity contribution in [3.63, 3.8) is 0 Å². The molecule has 142 valence electrons. The molecule has 1 amide bonds. The molecule has 0 fully saturated rings. The zero-order chi connectivity index (χ0) is 19.4. The summed E-state index contributed by atoms with van der Waals surface area (Å²) in [6.45, 7) is 3.33. The van der Waals surface area contributed by atoms with Crippen LogP contribution in [0.1, 0.15) is 19.4 Å². The number of halogens is 1. The van der Waals surface area contributed by atoms with Gasteiger partial charge in [-0.25, -0.2) is 4.79 Å². The van der Waals surface area contributed by atoms with Gasteiger partial charge in [0.1, 0.15) is 5.60 Å². The Hall–Kier alpha value is -2.29. The lowest BCUT2D eigenvalue weighted by Gasteiger charge is -2.18. The van der Waals surface area contributed by atoms with Crippen molar-refractivity contribution in [3.8, 4) is 11.5 Å². The summed E-state index contributed by atoms with van der Waals surface area (Å²) in [4.78, 5) is 23.8. The van der Waals surface area contributed by atoms with Gasteiger partial charge in [-0.15, -0.1) is 0 Å². The molecule has 0 unspecified atom stereocenters. The minimum absolute atomic E-state index is 0.295. The number of para-hydroxylation sites is 2. The van der Waals surface area contributed by atoms with Crippen LogP contribution in [0.3, 0.4) is 0 Å². The van der Waals surface area contributed by atoms with Crippen molar-refractivity contribution in [1.29, 1.82) is 0 Å². The van der Waals surface area contributed by atoms with Crippen molar-refractivity contribution in [2.45, 2.75) is 25.9 Å². The van der Waals surface area contributed by atoms with Crippen LogP contribution in [0.15, 0.2) is 42.5 Å². The van der Waals surface area contributed by atoms with Gasteiger partial charge in [-0.05, 0) is 54.6 Å². The van der Waals surface area contributed by atoms with Crippen LogP contribution in [-0.4, -0.2) is 30.7 Å². The van der Waals surface area contributed by atoms with E-state index in [9.17, 15) is 9.59 Å². The highest BCUT2D eigenvalue weighted by molar-refractivity contribution is 14.1. The highest BCUT2D eigenvalue weighted by atomic mass is 127. The zero-order valence-electron chi connectivity index (χ0n) is 15.1. The van der Waals surface area contributed by atoms with E-state index < -0.39 is 11.9 Å². The quantitative estimate of drug-likeness (QED) is 0.505. The average molecular weight is 481 g/mol. The van der Waals surface area contributed by atoms with Crippen molar-refractivity contribution in [1.82, 2.24) is 0 Å². The molecule has 0 saturated carbocycles. The van der Waals surface area contributed by atoms with Crippen molar-refractivity contribution in [2.75, 3.05) is 18.5 Å². The number of esters is 1. The third kappa shape index (κ3) is 5.12. The molecular weight excluding hydrogens is 461 g/mol. The fourth-order valence-corrected chi connectivity index (χ4v) is 3.30. The molecule has 1 aliphatic heterocycles. The summed E-state index contributed by atoms with van der Waals surface area (Å²) in [5.41, 5.74) is 1.42. The Bertz CT molecular complexity index is 865. The molecule has 2 aromatic carbocycles. The molecule has 0 atom stereocenters. The molecule has 0 spiro atoms. The summed E-state index contributed by atoms with van der Waals surface area (Å²) < 4.78 is 17.3. The molecule has 0 aromatic heterocycles. The van der Waals surface area contributed by atoms with Crippen LogP contribution in [0.5, 0.6) is 11.5 Å². The molecular formula is C20H20INO5. The second-order valence-corrected chi connectivity index (χ2v) is 7.92. The summed E-state index contributed by atoms with van der Waals surface area (Å²) >= 11 is 2.12. The van der Waals surface area contributed by atoms with Gasteiger partial charge in [0.05, 0.1) is 5.69 Å². The van der Waals surface area contributed by atoms with E-state index >= 15 is 0 Å². The van der Waals surface area contributed by atoms with Gasteiger partial charge < -0.3 is 19.5 Å². The number of nitrogens with one attached hydrogen (secondary N) is 1. The lowest BCUT2D eigenvalue weighted by Crippen LogP contribution is -2.25. The number of rotatable bonds is 6. The lowest BCUT2D eigenvalue weighted by molar-refractivity contribution is -0.149. The minimum atomic E-state index is -0.622. The maximum absolute atomic E-state index is 11.9. The van der Waals surface area contributed by atoms with Gasteiger partial charge in [0.15, 0.2) is 24.7 Å². The smallest absolute Gasteiger partial charge is 0.344 e. The fourth-order valence-electron chi connectivity index (χ4n) is 2.77. The number of ether oxygens (including phenoxy) is 3. The number of carbonyl (C=O) groups is 2. The molecule has 2 aromatic rings. The van der Waals surface area contributed by atoms with Crippen LogP contribution in [0.25, 0.3) is 0 Å². The predicted molar refractivity (Wildman–Crippen MR) is 109 cm³/mol. The summed E-state index contributed by atoms with van der Waals surface area (Å²) in [6, 6.07) is 12.9. The van der Waals surface area contributed by atoms with Gasteiger partial charge >= 0.3 is 5.97 Å². The fraction of sp³-hybridized carbons (Fsp3) is 0.300. The molecule has 0 aliphatic carbocycles. The van der Waals surface area contributed by atoms with Crippen molar-refractivity contribution < 1.29 is 23.8 Å². The van der Waals surface area contributed by atoms with E-state index in [0.717, 1.165) is 15.6 Å². The molecule has 7 heteroatoms. The van der Waals surface area contributed by atoms with Gasteiger partial charge in [-0.2, -0.15) is 0 Å². The summed E-state index contributed by atoms with van der Waals surface area (Å²) in [6.07, 6.45) is 0.780.